The van der Waals surface area contributed by atoms with Crippen LogP contribution in [-0.2, 0) is 9.53 Å². The molecule has 0 radical (unpaired) electrons. The monoisotopic (exact) mass is 193 g/mol. The average molecular weight is 194 g/mol. The SMILES string of the molecule is COC(=O)[C@H]1CNCC[C@H]1C.Cl. The van der Waals surface area contributed by atoms with Gasteiger partial charge in [-0.15, -0.1) is 12.4 Å². The summed E-state index contributed by atoms with van der Waals surface area (Å²) in [6.07, 6.45) is 1.07. The molecule has 0 bridgehead atoms. The fourth-order valence-electron chi connectivity index (χ4n) is 1.46. The van der Waals surface area contributed by atoms with Crippen LogP contribution in [0.2, 0.25) is 0 Å². The Hall–Kier alpha value is -0.280. The Morgan fingerprint density at radius 3 is 2.75 bits per heavy atom. The molecule has 1 heterocycles. The summed E-state index contributed by atoms with van der Waals surface area (Å²) < 4.78 is 4.68. The molecule has 1 aliphatic heterocycles. The number of piperidine rings is 1. The van der Waals surface area contributed by atoms with Crippen molar-refractivity contribution >= 4 is 18.4 Å². The minimum absolute atomic E-state index is 0. The lowest BCUT2D eigenvalue weighted by Crippen LogP contribution is -2.40. The molecule has 0 aromatic heterocycles. The van der Waals surface area contributed by atoms with Gasteiger partial charge in [-0.3, -0.25) is 4.79 Å². The van der Waals surface area contributed by atoms with Crippen LogP contribution in [0.4, 0.5) is 0 Å². The number of esters is 1. The van der Waals surface area contributed by atoms with Crippen molar-refractivity contribution in [3.63, 3.8) is 0 Å². The third kappa shape index (κ3) is 2.64. The molecule has 1 aliphatic rings. The quantitative estimate of drug-likeness (QED) is 0.627. The second kappa shape index (κ2) is 5.38. The Kier molecular flexibility index (Phi) is 5.25. The van der Waals surface area contributed by atoms with Crippen LogP contribution in [0.15, 0.2) is 0 Å². The van der Waals surface area contributed by atoms with Gasteiger partial charge in [-0.05, 0) is 18.9 Å². The molecule has 1 N–H and O–H groups in total. The summed E-state index contributed by atoms with van der Waals surface area (Å²) in [5.74, 6) is 0.446. The highest BCUT2D eigenvalue weighted by Gasteiger charge is 2.27. The highest BCUT2D eigenvalue weighted by Crippen LogP contribution is 2.18. The van der Waals surface area contributed by atoms with Gasteiger partial charge in [0.25, 0.3) is 0 Å². The molecule has 4 heteroatoms. The molecule has 0 aromatic rings. The molecule has 2 atom stereocenters. The van der Waals surface area contributed by atoms with Gasteiger partial charge in [-0.2, -0.15) is 0 Å². The Morgan fingerprint density at radius 2 is 2.25 bits per heavy atom. The number of rotatable bonds is 1. The lowest BCUT2D eigenvalue weighted by molar-refractivity contribution is -0.147. The lowest BCUT2D eigenvalue weighted by atomic mass is 9.88. The number of carbonyl (C=O) groups is 1. The molecular formula is C8H16ClNO2. The van der Waals surface area contributed by atoms with Crippen LogP contribution in [-0.4, -0.2) is 26.2 Å². The van der Waals surface area contributed by atoms with Gasteiger partial charge in [-0.25, -0.2) is 0 Å². The van der Waals surface area contributed by atoms with E-state index in [1.165, 1.54) is 7.11 Å². The van der Waals surface area contributed by atoms with E-state index in [1.54, 1.807) is 0 Å². The normalized spacial score (nSPS) is 28.8. The van der Waals surface area contributed by atoms with Crippen molar-refractivity contribution in [3.8, 4) is 0 Å². The van der Waals surface area contributed by atoms with Gasteiger partial charge in [0, 0.05) is 6.54 Å². The first-order chi connectivity index (χ1) is 5.25. The van der Waals surface area contributed by atoms with E-state index in [0.29, 0.717) is 5.92 Å². The Bertz CT molecular complexity index is 152. The molecule has 0 unspecified atom stereocenters. The fourth-order valence-corrected chi connectivity index (χ4v) is 1.46. The second-order valence-corrected chi connectivity index (χ2v) is 3.10. The topological polar surface area (TPSA) is 38.3 Å². The van der Waals surface area contributed by atoms with Crippen LogP contribution < -0.4 is 5.32 Å². The number of hydrogen-bond donors (Lipinski definition) is 1. The molecule has 0 saturated carbocycles. The molecule has 0 spiro atoms. The fraction of sp³-hybridized carbons (Fsp3) is 0.875. The summed E-state index contributed by atoms with van der Waals surface area (Å²) in [4.78, 5) is 11.1. The van der Waals surface area contributed by atoms with Gasteiger partial charge in [0.15, 0.2) is 0 Å². The van der Waals surface area contributed by atoms with Crippen LogP contribution in [0.5, 0.6) is 0 Å². The minimum atomic E-state index is -0.0790. The summed E-state index contributed by atoms with van der Waals surface area (Å²) in [5, 5.41) is 3.18. The van der Waals surface area contributed by atoms with Crippen molar-refractivity contribution in [2.75, 3.05) is 20.2 Å². The second-order valence-electron chi connectivity index (χ2n) is 3.10. The minimum Gasteiger partial charge on any atom is -0.469 e. The van der Waals surface area contributed by atoms with Crippen molar-refractivity contribution in [2.24, 2.45) is 11.8 Å². The molecule has 1 fully saturated rings. The molecule has 0 aromatic carbocycles. The first-order valence-corrected chi connectivity index (χ1v) is 4.04. The van der Waals surface area contributed by atoms with Crippen molar-refractivity contribution in [1.82, 2.24) is 5.32 Å². The highest BCUT2D eigenvalue weighted by molar-refractivity contribution is 5.85. The summed E-state index contributed by atoms with van der Waals surface area (Å²) in [6.45, 7) is 3.89. The molecule has 12 heavy (non-hydrogen) atoms. The Labute approximate surface area is 79.3 Å². The van der Waals surface area contributed by atoms with Gasteiger partial charge < -0.3 is 10.1 Å². The summed E-state index contributed by atoms with van der Waals surface area (Å²) in [7, 11) is 1.45. The van der Waals surface area contributed by atoms with Crippen molar-refractivity contribution < 1.29 is 9.53 Å². The maximum atomic E-state index is 11.1. The highest BCUT2D eigenvalue weighted by atomic mass is 35.5. The Balaban J connectivity index is 0.00000121. The lowest BCUT2D eigenvalue weighted by Gasteiger charge is -2.26. The zero-order chi connectivity index (χ0) is 8.27. The summed E-state index contributed by atoms with van der Waals surface area (Å²) >= 11 is 0. The van der Waals surface area contributed by atoms with E-state index >= 15 is 0 Å². The third-order valence-electron chi connectivity index (χ3n) is 2.33. The van der Waals surface area contributed by atoms with Gasteiger partial charge >= 0.3 is 5.97 Å². The molecule has 0 aliphatic carbocycles. The van der Waals surface area contributed by atoms with E-state index < -0.39 is 0 Å². The predicted molar refractivity (Wildman–Crippen MR) is 49.4 cm³/mol. The number of ether oxygens (including phenoxy) is 1. The molecule has 72 valence electrons. The molecule has 3 nitrogen and oxygen atoms in total. The number of methoxy groups -OCH3 is 1. The smallest absolute Gasteiger partial charge is 0.310 e. The maximum absolute atomic E-state index is 11.1. The summed E-state index contributed by atoms with van der Waals surface area (Å²) in [6, 6.07) is 0. The molecule has 1 saturated heterocycles. The third-order valence-corrected chi connectivity index (χ3v) is 2.33. The Morgan fingerprint density at radius 1 is 1.58 bits per heavy atom. The number of halogens is 1. The van der Waals surface area contributed by atoms with Gasteiger partial charge in [0.05, 0.1) is 13.0 Å². The van der Waals surface area contributed by atoms with E-state index in [4.69, 9.17) is 0 Å². The van der Waals surface area contributed by atoms with Crippen molar-refractivity contribution in [2.45, 2.75) is 13.3 Å². The van der Waals surface area contributed by atoms with Crippen LogP contribution in [0.3, 0.4) is 0 Å². The first kappa shape index (κ1) is 11.7. The van der Waals surface area contributed by atoms with Crippen LogP contribution in [0.1, 0.15) is 13.3 Å². The number of carbonyl (C=O) groups excluding carboxylic acids is 1. The van der Waals surface area contributed by atoms with Gasteiger partial charge in [0.1, 0.15) is 0 Å². The van der Waals surface area contributed by atoms with E-state index in [2.05, 4.69) is 17.0 Å². The largest absolute Gasteiger partial charge is 0.469 e. The van der Waals surface area contributed by atoms with Crippen molar-refractivity contribution in [1.29, 1.82) is 0 Å². The van der Waals surface area contributed by atoms with Crippen molar-refractivity contribution in [3.05, 3.63) is 0 Å². The van der Waals surface area contributed by atoms with Gasteiger partial charge in [-0.1, -0.05) is 6.92 Å². The average Bonchev–Trinajstić information content (AvgIpc) is 2.04. The predicted octanol–water partition coefficient (Wildman–Crippen LogP) is 0.827. The van der Waals surface area contributed by atoms with Crippen LogP contribution in [0.25, 0.3) is 0 Å². The number of hydrogen-bond acceptors (Lipinski definition) is 3. The van der Waals surface area contributed by atoms with Gasteiger partial charge in [0.2, 0.25) is 0 Å². The van der Waals surface area contributed by atoms with E-state index in [9.17, 15) is 4.79 Å². The molecule has 0 amide bonds. The zero-order valence-electron chi connectivity index (χ0n) is 7.50. The van der Waals surface area contributed by atoms with E-state index in [1.807, 2.05) is 0 Å². The summed E-state index contributed by atoms with van der Waals surface area (Å²) in [5.41, 5.74) is 0. The van der Waals surface area contributed by atoms with E-state index in [0.717, 1.165) is 19.5 Å². The molecule has 1 rings (SSSR count). The van der Waals surface area contributed by atoms with E-state index in [-0.39, 0.29) is 24.3 Å². The maximum Gasteiger partial charge on any atom is 0.310 e. The zero-order valence-corrected chi connectivity index (χ0v) is 8.32. The molecular weight excluding hydrogens is 178 g/mol. The van der Waals surface area contributed by atoms with Crippen LogP contribution >= 0.6 is 12.4 Å². The van der Waals surface area contributed by atoms with Crippen LogP contribution in [0, 0.1) is 11.8 Å². The standard InChI is InChI=1S/C8H15NO2.ClH/c1-6-3-4-9-5-7(6)8(10)11-2;/h6-7,9H,3-5H2,1-2H3;1H/t6-,7+;/m1./s1. The first-order valence-electron chi connectivity index (χ1n) is 4.04. The number of nitrogens with one attached hydrogen (secondary N) is 1.